The summed E-state index contributed by atoms with van der Waals surface area (Å²) >= 11 is 1.69. The van der Waals surface area contributed by atoms with Gasteiger partial charge >= 0.3 is 0 Å². The summed E-state index contributed by atoms with van der Waals surface area (Å²) in [7, 11) is 0. The van der Waals surface area contributed by atoms with Crippen molar-refractivity contribution < 1.29 is 5.11 Å². The van der Waals surface area contributed by atoms with Crippen LogP contribution in [0.2, 0.25) is 0 Å². The predicted octanol–water partition coefficient (Wildman–Crippen LogP) is 2.97. The number of anilines is 1. The summed E-state index contributed by atoms with van der Waals surface area (Å²) in [5, 5.41) is 18.1. The van der Waals surface area contributed by atoms with E-state index in [2.05, 4.69) is 21.5 Å². The molecule has 1 aromatic carbocycles. The van der Waals surface area contributed by atoms with E-state index in [1.165, 1.54) is 16.0 Å². The van der Waals surface area contributed by atoms with Crippen LogP contribution in [0.4, 0.5) is 5.13 Å². The molecule has 0 spiro atoms. The van der Waals surface area contributed by atoms with Crippen LogP contribution < -0.4 is 5.32 Å². The lowest BCUT2D eigenvalue weighted by Crippen LogP contribution is -2.19. The zero-order chi connectivity index (χ0) is 14.9. The summed E-state index contributed by atoms with van der Waals surface area (Å²) < 4.78 is 3.14. The number of para-hydroxylation sites is 1. The normalized spacial score (nSPS) is 17.6. The van der Waals surface area contributed by atoms with Crippen molar-refractivity contribution in [3.05, 3.63) is 41.7 Å². The Hall–Kier alpha value is -1.92. The number of hydrogen-bond donors (Lipinski definition) is 2. The molecule has 2 heterocycles. The fourth-order valence-electron chi connectivity index (χ4n) is 3.14. The van der Waals surface area contributed by atoms with Crippen LogP contribution in [0.1, 0.15) is 30.1 Å². The van der Waals surface area contributed by atoms with Crippen LogP contribution in [0.15, 0.2) is 30.5 Å². The molecule has 0 fully saturated rings. The molecule has 0 radical (unpaired) electrons. The summed E-state index contributed by atoms with van der Waals surface area (Å²) in [6.07, 6.45) is 5.20. The highest BCUT2D eigenvalue weighted by molar-refractivity contribution is 7.22. The largest absolute Gasteiger partial charge is 0.394 e. The predicted molar refractivity (Wildman–Crippen MR) is 88.2 cm³/mol. The van der Waals surface area contributed by atoms with Gasteiger partial charge in [-0.1, -0.05) is 23.5 Å². The van der Waals surface area contributed by atoms with E-state index in [1.807, 2.05) is 29.1 Å². The van der Waals surface area contributed by atoms with Crippen LogP contribution in [0, 0.1) is 0 Å². The second-order valence-electron chi connectivity index (χ2n) is 5.57. The van der Waals surface area contributed by atoms with Crippen LogP contribution in [0.5, 0.6) is 0 Å². The van der Waals surface area contributed by atoms with Crippen LogP contribution in [0.25, 0.3) is 10.2 Å². The molecular weight excluding hydrogens is 296 g/mol. The lowest BCUT2D eigenvalue weighted by atomic mass is 9.93. The molecular formula is C16H18N4OS. The number of nitrogens with one attached hydrogen (secondary N) is 1. The summed E-state index contributed by atoms with van der Waals surface area (Å²) in [6.45, 7) is 0.702. The maximum atomic E-state index is 9.14. The standard InChI is InChI=1S/C16H18N4OS/c21-9-8-20-14-6-3-5-12(11(14)10-17-20)18-16-19-13-4-1-2-7-15(13)22-16/h1-2,4,7,10,12,21H,3,5-6,8-9H2,(H,18,19)/t12-/m1/s1. The second-order valence-corrected chi connectivity index (χ2v) is 6.60. The Morgan fingerprint density at radius 3 is 3.14 bits per heavy atom. The molecule has 5 nitrogen and oxygen atoms in total. The topological polar surface area (TPSA) is 63.0 Å². The monoisotopic (exact) mass is 314 g/mol. The molecule has 22 heavy (non-hydrogen) atoms. The van der Waals surface area contributed by atoms with Crippen LogP contribution in [-0.2, 0) is 13.0 Å². The fourth-order valence-corrected chi connectivity index (χ4v) is 4.06. The minimum Gasteiger partial charge on any atom is -0.394 e. The number of nitrogens with zero attached hydrogens (tertiary/aromatic N) is 3. The minimum absolute atomic E-state index is 0.129. The van der Waals surface area contributed by atoms with Gasteiger partial charge in [-0.25, -0.2) is 4.98 Å². The first-order chi connectivity index (χ1) is 10.8. The van der Waals surface area contributed by atoms with Gasteiger partial charge in [-0.15, -0.1) is 0 Å². The minimum atomic E-state index is 0.129. The average Bonchev–Trinajstić information content (AvgIpc) is 3.12. The molecule has 0 amide bonds. The molecule has 0 saturated carbocycles. The second kappa shape index (κ2) is 5.70. The van der Waals surface area contributed by atoms with Crippen molar-refractivity contribution in [2.75, 3.05) is 11.9 Å². The van der Waals surface area contributed by atoms with E-state index in [0.29, 0.717) is 6.54 Å². The van der Waals surface area contributed by atoms with Crippen molar-refractivity contribution in [3.8, 4) is 0 Å². The highest BCUT2D eigenvalue weighted by atomic mass is 32.1. The van der Waals surface area contributed by atoms with Crippen molar-refractivity contribution in [2.24, 2.45) is 0 Å². The molecule has 2 N–H and O–H groups in total. The molecule has 4 rings (SSSR count). The molecule has 1 aliphatic rings. The smallest absolute Gasteiger partial charge is 0.184 e. The van der Waals surface area contributed by atoms with Gasteiger partial charge in [0, 0.05) is 11.3 Å². The SMILES string of the molecule is OCCn1ncc2c1CCC[C@H]2Nc1nc2ccccc2s1. The third-order valence-corrected chi connectivity index (χ3v) is 5.13. The fraction of sp³-hybridized carbons (Fsp3) is 0.375. The van der Waals surface area contributed by atoms with E-state index < -0.39 is 0 Å². The number of aliphatic hydroxyl groups excluding tert-OH is 1. The average molecular weight is 314 g/mol. The van der Waals surface area contributed by atoms with E-state index in [1.54, 1.807) is 11.3 Å². The maximum absolute atomic E-state index is 9.14. The number of benzene rings is 1. The Bertz CT molecular complexity index is 761. The van der Waals surface area contributed by atoms with E-state index >= 15 is 0 Å². The third-order valence-electron chi connectivity index (χ3n) is 4.17. The molecule has 3 aromatic rings. The molecule has 0 aliphatic heterocycles. The van der Waals surface area contributed by atoms with E-state index in [4.69, 9.17) is 5.11 Å². The third kappa shape index (κ3) is 2.38. The van der Waals surface area contributed by atoms with Gasteiger partial charge in [0.2, 0.25) is 0 Å². The maximum Gasteiger partial charge on any atom is 0.184 e. The van der Waals surface area contributed by atoms with Gasteiger partial charge in [-0.3, -0.25) is 4.68 Å². The van der Waals surface area contributed by atoms with E-state index in [-0.39, 0.29) is 12.6 Å². The van der Waals surface area contributed by atoms with Crippen LogP contribution in [0.3, 0.4) is 0 Å². The molecule has 1 atom stereocenters. The Kier molecular flexibility index (Phi) is 3.56. The summed E-state index contributed by atoms with van der Waals surface area (Å²) in [5.41, 5.74) is 3.54. The number of thiazole rings is 1. The van der Waals surface area contributed by atoms with E-state index in [9.17, 15) is 0 Å². The number of fused-ring (bicyclic) bond motifs is 2. The Balaban J connectivity index is 1.61. The van der Waals surface area contributed by atoms with Crippen molar-refractivity contribution in [3.63, 3.8) is 0 Å². The van der Waals surface area contributed by atoms with Crippen molar-refractivity contribution in [1.29, 1.82) is 0 Å². The first-order valence-corrected chi connectivity index (χ1v) is 8.44. The highest BCUT2D eigenvalue weighted by Gasteiger charge is 2.24. The quantitative estimate of drug-likeness (QED) is 0.777. The highest BCUT2D eigenvalue weighted by Crippen LogP contribution is 2.34. The van der Waals surface area contributed by atoms with Gasteiger partial charge in [0.15, 0.2) is 5.13 Å². The van der Waals surface area contributed by atoms with Gasteiger partial charge in [0.05, 0.1) is 35.6 Å². The molecule has 114 valence electrons. The van der Waals surface area contributed by atoms with E-state index in [0.717, 1.165) is 29.9 Å². The van der Waals surface area contributed by atoms with Gasteiger partial charge < -0.3 is 10.4 Å². The Morgan fingerprint density at radius 2 is 2.27 bits per heavy atom. The van der Waals surface area contributed by atoms with Gasteiger partial charge in [0.25, 0.3) is 0 Å². The van der Waals surface area contributed by atoms with Gasteiger partial charge in [-0.05, 0) is 31.4 Å². The molecule has 0 saturated heterocycles. The van der Waals surface area contributed by atoms with Crippen LogP contribution >= 0.6 is 11.3 Å². The molecule has 0 unspecified atom stereocenters. The van der Waals surface area contributed by atoms with Gasteiger partial charge in [0.1, 0.15) is 0 Å². The first kappa shape index (κ1) is 13.7. The zero-order valence-electron chi connectivity index (χ0n) is 12.2. The number of aromatic nitrogens is 3. The number of aliphatic hydroxyl groups is 1. The Labute approximate surface area is 132 Å². The summed E-state index contributed by atoms with van der Waals surface area (Å²) in [4.78, 5) is 4.66. The van der Waals surface area contributed by atoms with Crippen molar-refractivity contribution in [1.82, 2.24) is 14.8 Å². The first-order valence-electron chi connectivity index (χ1n) is 7.62. The molecule has 0 bridgehead atoms. The number of hydrogen-bond acceptors (Lipinski definition) is 5. The Morgan fingerprint density at radius 1 is 1.36 bits per heavy atom. The van der Waals surface area contributed by atoms with Crippen LogP contribution in [-0.4, -0.2) is 26.5 Å². The lowest BCUT2D eigenvalue weighted by Gasteiger charge is -2.23. The molecule has 2 aromatic heterocycles. The zero-order valence-corrected chi connectivity index (χ0v) is 13.0. The number of rotatable bonds is 4. The van der Waals surface area contributed by atoms with Crippen molar-refractivity contribution >= 4 is 26.7 Å². The van der Waals surface area contributed by atoms with Crippen molar-refractivity contribution in [2.45, 2.75) is 31.8 Å². The molecule has 1 aliphatic carbocycles. The summed E-state index contributed by atoms with van der Waals surface area (Å²) in [5.74, 6) is 0. The molecule has 6 heteroatoms. The van der Waals surface area contributed by atoms with Gasteiger partial charge in [-0.2, -0.15) is 5.10 Å². The lowest BCUT2D eigenvalue weighted by molar-refractivity contribution is 0.266. The summed E-state index contributed by atoms with van der Waals surface area (Å²) in [6, 6.07) is 8.47.